The Hall–Kier alpha value is -1.68. The lowest BCUT2D eigenvalue weighted by Crippen LogP contribution is -2.52. The van der Waals surface area contributed by atoms with E-state index in [9.17, 15) is 0 Å². The third-order valence-electron chi connectivity index (χ3n) is 4.97. The van der Waals surface area contributed by atoms with Gasteiger partial charge in [-0.05, 0) is 25.3 Å². The molecule has 0 atom stereocenters. The topological polar surface area (TPSA) is 61.6 Å². The number of nitrogens with zero attached hydrogens (tertiary/aromatic N) is 6. The van der Waals surface area contributed by atoms with Crippen molar-refractivity contribution in [2.24, 2.45) is 4.99 Å². The number of hydrogen-bond acceptors (Lipinski definition) is 4. The number of nitrogens with one attached hydrogen (secondary N) is 1. The minimum Gasteiger partial charge on any atom is -0.356 e. The third kappa shape index (κ3) is 7.05. The van der Waals surface area contributed by atoms with E-state index in [1.54, 1.807) is 12.7 Å². The molecule has 2 heterocycles. The van der Waals surface area contributed by atoms with Crippen molar-refractivity contribution < 1.29 is 0 Å². The first kappa shape index (κ1) is 22.6. The van der Waals surface area contributed by atoms with Crippen LogP contribution >= 0.6 is 24.0 Å². The highest BCUT2D eigenvalue weighted by Gasteiger charge is 2.19. The van der Waals surface area contributed by atoms with Crippen LogP contribution in [0.3, 0.4) is 0 Å². The Morgan fingerprint density at radius 2 is 1.86 bits per heavy atom. The number of aryl methyl sites for hydroxylation is 2. The highest BCUT2D eigenvalue weighted by Crippen LogP contribution is 2.10. The van der Waals surface area contributed by atoms with Gasteiger partial charge < -0.3 is 14.8 Å². The van der Waals surface area contributed by atoms with Crippen LogP contribution in [0.15, 0.2) is 41.9 Å². The molecule has 0 spiro atoms. The van der Waals surface area contributed by atoms with Crippen LogP contribution in [0.25, 0.3) is 0 Å². The van der Waals surface area contributed by atoms with Gasteiger partial charge in [0.2, 0.25) is 0 Å². The maximum absolute atomic E-state index is 4.47. The molecule has 7 nitrogen and oxygen atoms in total. The van der Waals surface area contributed by atoms with Crippen LogP contribution in [0.2, 0.25) is 0 Å². The smallest absolute Gasteiger partial charge is 0.193 e. The zero-order chi connectivity index (χ0) is 18.9. The van der Waals surface area contributed by atoms with Crippen LogP contribution in [0.1, 0.15) is 24.0 Å². The molecule has 2 aromatic rings. The third-order valence-corrected chi connectivity index (χ3v) is 4.97. The highest BCUT2D eigenvalue weighted by molar-refractivity contribution is 14.0. The molecule has 1 aromatic carbocycles. The molecule has 8 heteroatoms. The Balaban J connectivity index is 0.00000280. The predicted octanol–water partition coefficient (Wildman–Crippen LogP) is 2.38. The fourth-order valence-electron chi connectivity index (χ4n) is 3.48. The zero-order valence-electron chi connectivity index (χ0n) is 16.9. The van der Waals surface area contributed by atoms with Crippen molar-refractivity contribution in [2.75, 3.05) is 39.8 Å². The fraction of sp³-hybridized carbons (Fsp3) is 0.550. The molecule has 0 amide bonds. The number of guanidine groups is 1. The SMILES string of the molecule is CN=C(NCCCCn1cnnc1)N1CCN(Cc2cccc(C)c2)CC1.I. The van der Waals surface area contributed by atoms with Gasteiger partial charge in [-0.15, -0.1) is 34.2 Å². The van der Waals surface area contributed by atoms with Gasteiger partial charge >= 0.3 is 0 Å². The van der Waals surface area contributed by atoms with Crippen LogP contribution in [0.5, 0.6) is 0 Å². The molecule has 1 fully saturated rings. The molecule has 1 aliphatic rings. The first-order valence-electron chi connectivity index (χ1n) is 9.80. The summed E-state index contributed by atoms with van der Waals surface area (Å²) < 4.78 is 2.02. The van der Waals surface area contributed by atoms with Crippen molar-refractivity contribution in [3.63, 3.8) is 0 Å². The molecule has 154 valence electrons. The maximum atomic E-state index is 4.47. The number of aromatic nitrogens is 3. The van der Waals surface area contributed by atoms with Gasteiger partial charge in [-0.25, -0.2) is 0 Å². The molecule has 0 aliphatic carbocycles. The van der Waals surface area contributed by atoms with Gasteiger partial charge in [0, 0.05) is 52.9 Å². The number of piperazine rings is 1. The van der Waals surface area contributed by atoms with E-state index in [1.165, 1.54) is 11.1 Å². The quantitative estimate of drug-likeness (QED) is 0.276. The van der Waals surface area contributed by atoms with Crippen LogP contribution in [-0.4, -0.2) is 70.3 Å². The van der Waals surface area contributed by atoms with Crippen LogP contribution in [-0.2, 0) is 13.1 Å². The van der Waals surface area contributed by atoms with E-state index >= 15 is 0 Å². The Morgan fingerprint density at radius 1 is 1.11 bits per heavy atom. The van der Waals surface area contributed by atoms with Crippen molar-refractivity contribution >= 4 is 29.9 Å². The van der Waals surface area contributed by atoms with Crippen molar-refractivity contribution in [1.82, 2.24) is 29.9 Å². The first-order chi connectivity index (χ1) is 13.2. The average Bonchev–Trinajstić information content (AvgIpc) is 3.19. The second-order valence-electron chi connectivity index (χ2n) is 7.13. The molecule has 0 radical (unpaired) electrons. The number of aliphatic imine (C=N–C) groups is 1. The summed E-state index contributed by atoms with van der Waals surface area (Å²) in [5, 5.41) is 11.2. The number of halogens is 1. The number of rotatable bonds is 7. The van der Waals surface area contributed by atoms with Gasteiger partial charge in [0.25, 0.3) is 0 Å². The van der Waals surface area contributed by atoms with E-state index in [-0.39, 0.29) is 24.0 Å². The molecule has 0 unspecified atom stereocenters. The number of unbranched alkanes of at least 4 members (excludes halogenated alkanes) is 1. The Labute approximate surface area is 185 Å². The molecular weight excluding hydrogens is 465 g/mol. The van der Waals surface area contributed by atoms with Gasteiger partial charge in [0.05, 0.1) is 0 Å². The molecule has 28 heavy (non-hydrogen) atoms. The largest absolute Gasteiger partial charge is 0.356 e. The lowest BCUT2D eigenvalue weighted by molar-refractivity contribution is 0.172. The second kappa shape index (κ2) is 12.0. The molecule has 1 aliphatic heterocycles. The number of benzene rings is 1. The first-order valence-corrected chi connectivity index (χ1v) is 9.80. The van der Waals surface area contributed by atoms with Crippen LogP contribution in [0, 0.1) is 6.92 Å². The van der Waals surface area contributed by atoms with Gasteiger partial charge in [-0.1, -0.05) is 29.8 Å². The molecule has 0 bridgehead atoms. The zero-order valence-corrected chi connectivity index (χ0v) is 19.2. The average molecular weight is 497 g/mol. The monoisotopic (exact) mass is 497 g/mol. The fourth-order valence-corrected chi connectivity index (χ4v) is 3.48. The Morgan fingerprint density at radius 3 is 2.54 bits per heavy atom. The summed E-state index contributed by atoms with van der Waals surface area (Å²) in [4.78, 5) is 9.36. The van der Waals surface area contributed by atoms with Gasteiger partial charge in [0.1, 0.15) is 12.7 Å². The molecule has 1 saturated heterocycles. The lowest BCUT2D eigenvalue weighted by Gasteiger charge is -2.36. The van der Waals surface area contributed by atoms with Gasteiger partial charge in [-0.2, -0.15) is 0 Å². The van der Waals surface area contributed by atoms with Gasteiger partial charge in [0.15, 0.2) is 5.96 Å². The van der Waals surface area contributed by atoms with E-state index in [4.69, 9.17) is 0 Å². The van der Waals surface area contributed by atoms with E-state index < -0.39 is 0 Å². The van der Waals surface area contributed by atoms with E-state index in [2.05, 4.69) is 61.5 Å². The summed E-state index contributed by atoms with van der Waals surface area (Å²) >= 11 is 0. The van der Waals surface area contributed by atoms with E-state index in [0.29, 0.717) is 0 Å². The van der Waals surface area contributed by atoms with E-state index in [1.807, 2.05) is 11.6 Å². The van der Waals surface area contributed by atoms with E-state index in [0.717, 1.165) is 64.6 Å². The van der Waals surface area contributed by atoms with Crippen molar-refractivity contribution in [3.05, 3.63) is 48.0 Å². The molecule has 0 saturated carbocycles. The van der Waals surface area contributed by atoms with Gasteiger partial charge in [-0.3, -0.25) is 9.89 Å². The summed E-state index contributed by atoms with van der Waals surface area (Å²) in [5.74, 6) is 1.02. The minimum absolute atomic E-state index is 0. The normalized spacial score (nSPS) is 15.4. The summed E-state index contributed by atoms with van der Waals surface area (Å²) in [5.41, 5.74) is 2.74. The molecule has 3 rings (SSSR count). The molecular formula is C20H32IN7. The standard InChI is InChI=1S/C20H31N7.HI/c1-18-6-5-7-19(14-18)15-25-10-12-27(13-11-25)20(21-2)22-8-3-4-9-26-16-23-24-17-26;/h5-7,14,16-17H,3-4,8-13,15H2,1-2H3,(H,21,22);1H. The summed E-state index contributed by atoms with van der Waals surface area (Å²) in [7, 11) is 1.87. The molecule has 1 aromatic heterocycles. The highest BCUT2D eigenvalue weighted by atomic mass is 127. The second-order valence-corrected chi connectivity index (χ2v) is 7.13. The Kier molecular flexibility index (Phi) is 9.69. The Bertz CT molecular complexity index is 709. The summed E-state index contributed by atoms with van der Waals surface area (Å²) in [6.07, 6.45) is 5.74. The predicted molar refractivity (Wildman–Crippen MR) is 124 cm³/mol. The lowest BCUT2D eigenvalue weighted by atomic mass is 10.1. The minimum atomic E-state index is 0. The summed E-state index contributed by atoms with van der Waals surface area (Å²) in [6, 6.07) is 8.81. The maximum Gasteiger partial charge on any atom is 0.193 e. The van der Waals surface area contributed by atoms with Crippen molar-refractivity contribution in [2.45, 2.75) is 32.9 Å². The van der Waals surface area contributed by atoms with Crippen molar-refractivity contribution in [3.8, 4) is 0 Å². The molecule has 1 N–H and O–H groups in total. The summed E-state index contributed by atoms with van der Waals surface area (Å²) in [6.45, 7) is 9.28. The van der Waals surface area contributed by atoms with Crippen LogP contribution < -0.4 is 5.32 Å². The van der Waals surface area contributed by atoms with Crippen molar-refractivity contribution in [1.29, 1.82) is 0 Å². The van der Waals surface area contributed by atoms with Crippen LogP contribution in [0.4, 0.5) is 0 Å². The number of hydrogen-bond donors (Lipinski definition) is 1.